The minimum atomic E-state index is -0.135. The molecule has 0 amide bonds. The van der Waals surface area contributed by atoms with Gasteiger partial charge in [0.2, 0.25) is 0 Å². The molecule has 0 spiro atoms. The summed E-state index contributed by atoms with van der Waals surface area (Å²) in [5, 5.41) is 10.5. The SMILES string of the molecule is CCc1ccc(-c2ccc3c(F)c(CCc4ccc(C#N)cc4)ccc3c2)cc1. The van der Waals surface area contributed by atoms with Crippen LogP contribution in [-0.2, 0) is 19.3 Å². The Hall–Kier alpha value is -3.44. The zero-order chi connectivity index (χ0) is 20.2. The maximum Gasteiger partial charge on any atom is 0.134 e. The van der Waals surface area contributed by atoms with E-state index in [2.05, 4.69) is 43.3 Å². The number of hydrogen-bond acceptors (Lipinski definition) is 1. The first-order valence-electron chi connectivity index (χ1n) is 9.97. The molecule has 0 saturated heterocycles. The molecule has 0 unspecified atom stereocenters. The lowest BCUT2D eigenvalue weighted by Crippen LogP contribution is -1.96. The van der Waals surface area contributed by atoms with E-state index in [9.17, 15) is 0 Å². The second-order valence-corrected chi connectivity index (χ2v) is 7.33. The fourth-order valence-electron chi connectivity index (χ4n) is 3.67. The predicted molar refractivity (Wildman–Crippen MR) is 117 cm³/mol. The minimum Gasteiger partial charge on any atom is -0.206 e. The van der Waals surface area contributed by atoms with E-state index in [0.717, 1.165) is 40.5 Å². The summed E-state index contributed by atoms with van der Waals surface area (Å²) in [6, 6.07) is 28.0. The van der Waals surface area contributed by atoms with Gasteiger partial charge in [0.25, 0.3) is 0 Å². The summed E-state index contributed by atoms with van der Waals surface area (Å²) in [5.41, 5.74) is 6.04. The molecular weight excluding hydrogens is 357 g/mol. The van der Waals surface area contributed by atoms with Crippen LogP contribution in [0, 0.1) is 17.1 Å². The maximum absolute atomic E-state index is 15.1. The molecular formula is C27H22FN. The molecule has 0 aliphatic carbocycles. The van der Waals surface area contributed by atoms with Crippen molar-refractivity contribution in [2.24, 2.45) is 0 Å². The first-order valence-corrected chi connectivity index (χ1v) is 9.97. The average Bonchev–Trinajstić information content (AvgIpc) is 2.79. The smallest absolute Gasteiger partial charge is 0.134 e. The van der Waals surface area contributed by atoms with E-state index in [1.807, 2.05) is 36.4 Å². The van der Waals surface area contributed by atoms with Gasteiger partial charge >= 0.3 is 0 Å². The van der Waals surface area contributed by atoms with Crippen molar-refractivity contribution in [3.8, 4) is 17.2 Å². The van der Waals surface area contributed by atoms with E-state index in [-0.39, 0.29) is 5.82 Å². The molecule has 0 saturated carbocycles. The lowest BCUT2D eigenvalue weighted by Gasteiger charge is -2.09. The summed E-state index contributed by atoms with van der Waals surface area (Å²) in [6.45, 7) is 2.15. The average molecular weight is 379 g/mol. The van der Waals surface area contributed by atoms with Gasteiger partial charge in [0.05, 0.1) is 11.6 Å². The van der Waals surface area contributed by atoms with Crippen LogP contribution in [0.25, 0.3) is 21.9 Å². The molecule has 0 N–H and O–H groups in total. The Morgan fingerprint density at radius 1 is 0.759 bits per heavy atom. The quantitative estimate of drug-likeness (QED) is 0.371. The van der Waals surface area contributed by atoms with E-state index >= 15 is 4.39 Å². The summed E-state index contributed by atoms with van der Waals surface area (Å²) < 4.78 is 15.1. The van der Waals surface area contributed by atoms with Gasteiger partial charge in [-0.3, -0.25) is 0 Å². The van der Waals surface area contributed by atoms with Gasteiger partial charge in [0, 0.05) is 5.39 Å². The molecule has 0 bridgehead atoms. The molecule has 0 heterocycles. The van der Waals surface area contributed by atoms with Crippen LogP contribution in [0.1, 0.15) is 29.2 Å². The fourth-order valence-corrected chi connectivity index (χ4v) is 3.67. The van der Waals surface area contributed by atoms with Crippen LogP contribution in [0.4, 0.5) is 4.39 Å². The second kappa shape index (κ2) is 8.29. The Bertz CT molecular complexity index is 1180. The Morgan fingerprint density at radius 3 is 2.14 bits per heavy atom. The van der Waals surface area contributed by atoms with E-state index in [4.69, 9.17) is 5.26 Å². The van der Waals surface area contributed by atoms with Crippen LogP contribution in [0.3, 0.4) is 0 Å². The highest BCUT2D eigenvalue weighted by atomic mass is 19.1. The van der Waals surface area contributed by atoms with Crippen molar-refractivity contribution in [3.05, 3.63) is 107 Å². The zero-order valence-corrected chi connectivity index (χ0v) is 16.5. The van der Waals surface area contributed by atoms with Gasteiger partial charge in [-0.1, -0.05) is 67.6 Å². The lowest BCUT2D eigenvalue weighted by molar-refractivity contribution is 0.620. The van der Waals surface area contributed by atoms with Gasteiger partial charge in [-0.25, -0.2) is 4.39 Å². The highest BCUT2D eigenvalue weighted by Gasteiger charge is 2.09. The summed E-state index contributed by atoms with van der Waals surface area (Å²) in [5.74, 6) is -0.135. The van der Waals surface area contributed by atoms with Crippen molar-refractivity contribution in [1.82, 2.24) is 0 Å². The van der Waals surface area contributed by atoms with Crippen LogP contribution in [0.15, 0.2) is 78.9 Å². The normalized spacial score (nSPS) is 10.8. The van der Waals surface area contributed by atoms with Gasteiger partial charge in [-0.2, -0.15) is 5.26 Å². The van der Waals surface area contributed by atoms with Crippen molar-refractivity contribution in [3.63, 3.8) is 0 Å². The minimum absolute atomic E-state index is 0.135. The third-order valence-corrected chi connectivity index (χ3v) is 5.50. The van der Waals surface area contributed by atoms with Crippen LogP contribution < -0.4 is 0 Å². The van der Waals surface area contributed by atoms with Gasteiger partial charge < -0.3 is 0 Å². The molecule has 0 radical (unpaired) electrons. The molecule has 29 heavy (non-hydrogen) atoms. The molecule has 4 aromatic rings. The molecule has 0 aliphatic rings. The van der Waals surface area contributed by atoms with Crippen molar-refractivity contribution in [2.75, 3.05) is 0 Å². The van der Waals surface area contributed by atoms with E-state index < -0.39 is 0 Å². The van der Waals surface area contributed by atoms with Crippen LogP contribution in [0.5, 0.6) is 0 Å². The van der Waals surface area contributed by atoms with Gasteiger partial charge in [-0.05, 0) is 70.7 Å². The van der Waals surface area contributed by atoms with Gasteiger partial charge in [0.1, 0.15) is 5.82 Å². The predicted octanol–water partition coefficient (Wildman–Crippen LogP) is 6.87. The monoisotopic (exact) mass is 379 g/mol. The van der Waals surface area contributed by atoms with Crippen molar-refractivity contribution in [1.29, 1.82) is 5.26 Å². The number of nitriles is 1. The van der Waals surface area contributed by atoms with E-state index in [1.165, 1.54) is 5.56 Å². The number of aryl methyl sites for hydroxylation is 3. The molecule has 0 aliphatic heterocycles. The number of benzene rings is 4. The summed E-state index contributed by atoms with van der Waals surface area (Å²) >= 11 is 0. The number of halogens is 1. The van der Waals surface area contributed by atoms with E-state index in [0.29, 0.717) is 17.4 Å². The third-order valence-electron chi connectivity index (χ3n) is 5.50. The van der Waals surface area contributed by atoms with E-state index in [1.54, 1.807) is 12.1 Å². The van der Waals surface area contributed by atoms with Gasteiger partial charge in [-0.15, -0.1) is 0 Å². The van der Waals surface area contributed by atoms with Crippen molar-refractivity contribution >= 4 is 10.8 Å². The Balaban J connectivity index is 1.57. The fraction of sp³-hybridized carbons (Fsp3) is 0.148. The number of rotatable bonds is 5. The zero-order valence-electron chi connectivity index (χ0n) is 16.5. The molecule has 0 aromatic heterocycles. The summed E-state index contributed by atoms with van der Waals surface area (Å²) in [4.78, 5) is 0. The number of fused-ring (bicyclic) bond motifs is 1. The Kier molecular flexibility index (Phi) is 5.40. The molecule has 1 nitrogen and oxygen atoms in total. The largest absolute Gasteiger partial charge is 0.206 e. The van der Waals surface area contributed by atoms with Crippen molar-refractivity contribution in [2.45, 2.75) is 26.2 Å². The first kappa shape index (κ1) is 18.9. The second-order valence-electron chi connectivity index (χ2n) is 7.33. The molecule has 0 atom stereocenters. The summed E-state index contributed by atoms with van der Waals surface area (Å²) in [6.07, 6.45) is 2.40. The molecule has 142 valence electrons. The first-order chi connectivity index (χ1) is 14.2. The van der Waals surface area contributed by atoms with Crippen LogP contribution in [0.2, 0.25) is 0 Å². The number of hydrogen-bond donors (Lipinski definition) is 0. The van der Waals surface area contributed by atoms with Crippen LogP contribution >= 0.6 is 0 Å². The van der Waals surface area contributed by atoms with Crippen LogP contribution in [-0.4, -0.2) is 0 Å². The lowest BCUT2D eigenvalue weighted by atomic mass is 9.96. The number of nitrogens with zero attached hydrogens (tertiary/aromatic N) is 1. The highest BCUT2D eigenvalue weighted by Crippen LogP contribution is 2.28. The molecule has 4 aromatic carbocycles. The molecule has 4 rings (SSSR count). The highest BCUT2D eigenvalue weighted by molar-refractivity contribution is 5.88. The van der Waals surface area contributed by atoms with Crippen molar-refractivity contribution < 1.29 is 4.39 Å². The Morgan fingerprint density at radius 2 is 1.45 bits per heavy atom. The topological polar surface area (TPSA) is 23.8 Å². The Labute approximate surface area is 171 Å². The maximum atomic E-state index is 15.1. The molecule has 2 heteroatoms. The molecule has 0 fully saturated rings. The third kappa shape index (κ3) is 4.05. The standard InChI is InChI=1S/C27H22FN/c1-2-19-7-10-22(11-8-19)24-15-16-26-25(17-24)14-13-23(27(26)28)12-9-20-3-5-21(18-29)6-4-20/h3-8,10-11,13-17H,2,9,12H2,1H3. The van der Waals surface area contributed by atoms with Gasteiger partial charge in [0.15, 0.2) is 0 Å². The summed E-state index contributed by atoms with van der Waals surface area (Å²) in [7, 11) is 0.